The molecule has 4 nitrogen and oxygen atoms in total. The van der Waals surface area contributed by atoms with E-state index < -0.39 is 0 Å². The number of fused-ring (bicyclic) bond motifs is 1. The first-order valence-electron chi connectivity index (χ1n) is 7.44. The van der Waals surface area contributed by atoms with E-state index in [4.69, 9.17) is 18.1 Å². The molecule has 1 fully saturated rings. The fraction of sp³-hybridized carbons (Fsp3) is 0.438. The molecule has 21 heavy (non-hydrogen) atoms. The number of hydrogen-bond donors (Lipinski definition) is 3. The van der Waals surface area contributed by atoms with Gasteiger partial charge in [-0.25, -0.2) is 5.84 Å². The molecule has 1 aromatic heterocycles. The zero-order valence-corrected chi connectivity index (χ0v) is 13.4. The van der Waals surface area contributed by atoms with Gasteiger partial charge in [-0.05, 0) is 56.6 Å². The van der Waals surface area contributed by atoms with Gasteiger partial charge in [0.25, 0.3) is 0 Å². The molecule has 2 heterocycles. The second kappa shape index (κ2) is 5.66. The van der Waals surface area contributed by atoms with Crippen LogP contribution >= 0.6 is 12.2 Å². The van der Waals surface area contributed by atoms with Gasteiger partial charge in [-0.15, -0.1) is 0 Å². The Kier molecular flexibility index (Phi) is 3.87. The molecule has 0 bridgehead atoms. The van der Waals surface area contributed by atoms with Gasteiger partial charge in [-0.1, -0.05) is 11.6 Å². The van der Waals surface area contributed by atoms with Gasteiger partial charge >= 0.3 is 0 Å². The number of thiocarbonyl (C=S) groups is 1. The van der Waals surface area contributed by atoms with Crippen LogP contribution in [-0.2, 0) is 0 Å². The van der Waals surface area contributed by atoms with Crippen LogP contribution in [0.4, 0.5) is 0 Å². The lowest BCUT2D eigenvalue weighted by Crippen LogP contribution is -2.46. The number of nitrogens with two attached hydrogens (primary N) is 1. The van der Waals surface area contributed by atoms with Crippen molar-refractivity contribution in [2.45, 2.75) is 32.6 Å². The Morgan fingerprint density at radius 3 is 2.71 bits per heavy atom. The Bertz CT molecular complexity index is 668. The minimum Gasteiger partial charge on any atom is -0.358 e. The van der Waals surface area contributed by atoms with Gasteiger partial charge in [-0.2, -0.15) is 0 Å². The second-order valence-electron chi connectivity index (χ2n) is 5.92. The highest BCUT2D eigenvalue weighted by molar-refractivity contribution is 7.80. The van der Waals surface area contributed by atoms with Gasteiger partial charge in [-0.3, -0.25) is 0 Å². The molecule has 0 saturated carbocycles. The van der Waals surface area contributed by atoms with Crippen LogP contribution in [0.1, 0.15) is 35.6 Å². The van der Waals surface area contributed by atoms with E-state index in [1.165, 1.54) is 27.7 Å². The van der Waals surface area contributed by atoms with Crippen molar-refractivity contribution in [3.05, 3.63) is 35.0 Å². The molecule has 1 aliphatic rings. The van der Waals surface area contributed by atoms with Crippen molar-refractivity contribution in [3.8, 4) is 0 Å². The Morgan fingerprint density at radius 1 is 1.33 bits per heavy atom. The van der Waals surface area contributed by atoms with Gasteiger partial charge in [0, 0.05) is 35.6 Å². The second-order valence-corrected chi connectivity index (χ2v) is 6.31. The van der Waals surface area contributed by atoms with Crippen molar-refractivity contribution in [1.29, 1.82) is 0 Å². The Labute approximate surface area is 130 Å². The lowest BCUT2D eigenvalue weighted by Gasteiger charge is -2.33. The summed E-state index contributed by atoms with van der Waals surface area (Å²) < 4.78 is 0. The predicted octanol–water partition coefficient (Wildman–Crippen LogP) is 2.71. The SMILES string of the molecule is Cc1ccc2[nH]c(C3CCN(C(=S)NN)CC3)c(C)c2c1. The Balaban J connectivity index is 1.82. The minimum atomic E-state index is 0.578. The fourth-order valence-electron chi connectivity index (χ4n) is 3.33. The molecule has 0 aliphatic carbocycles. The van der Waals surface area contributed by atoms with Crippen LogP contribution in [0.3, 0.4) is 0 Å². The van der Waals surface area contributed by atoms with Crippen molar-refractivity contribution in [2.75, 3.05) is 13.1 Å². The molecule has 1 aliphatic heterocycles. The number of nitrogens with one attached hydrogen (secondary N) is 2. The number of hydrogen-bond acceptors (Lipinski definition) is 2. The quantitative estimate of drug-likeness (QED) is 0.431. The van der Waals surface area contributed by atoms with E-state index in [9.17, 15) is 0 Å². The number of H-pyrrole nitrogens is 1. The van der Waals surface area contributed by atoms with Crippen LogP contribution in [0.5, 0.6) is 0 Å². The highest BCUT2D eigenvalue weighted by atomic mass is 32.1. The van der Waals surface area contributed by atoms with Gasteiger partial charge in [0.1, 0.15) is 0 Å². The van der Waals surface area contributed by atoms with Crippen molar-refractivity contribution >= 4 is 28.2 Å². The van der Waals surface area contributed by atoms with Crippen LogP contribution < -0.4 is 11.3 Å². The van der Waals surface area contributed by atoms with E-state index in [-0.39, 0.29) is 0 Å². The van der Waals surface area contributed by atoms with E-state index in [0.717, 1.165) is 25.9 Å². The summed E-state index contributed by atoms with van der Waals surface area (Å²) in [6.45, 7) is 6.29. The molecule has 0 radical (unpaired) electrons. The van der Waals surface area contributed by atoms with Gasteiger partial charge in [0.15, 0.2) is 5.11 Å². The summed E-state index contributed by atoms with van der Waals surface area (Å²) in [4.78, 5) is 5.77. The summed E-state index contributed by atoms with van der Waals surface area (Å²) in [6.07, 6.45) is 2.21. The number of aromatic amines is 1. The summed E-state index contributed by atoms with van der Waals surface area (Å²) in [5.41, 5.74) is 7.92. The molecule has 1 aromatic carbocycles. The van der Waals surface area contributed by atoms with E-state index in [2.05, 4.69) is 47.4 Å². The number of hydrazine groups is 1. The number of aryl methyl sites for hydroxylation is 2. The largest absolute Gasteiger partial charge is 0.358 e. The fourth-order valence-corrected chi connectivity index (χ4v) is 3.51. The maximum absolute atomic E-state index is 5.40. The van der Waals surface area contributed by atoms with Crippen LogP contribution in [0, 0.1) is 13.8 Å². The summed E-state index contributed by atoms with van der Waals surface area (Å²) >= 11 is 5.21. The number of aromatic nitrogens is 1. The molecule has 0 atom stereocenters. The summed E-state index contributed by atoms with van der Waals surface area (Å²) in [7, 11) is 0. The number of benzene rings is 1. The first-order valence-corrected chi connectivity index (χ1v) is 7.85. The molecule has 4 N–H and O–H groups in total. The third-order valence-electron chi connectivity index (χ3n) is 4.57. The standard InChI is InChI=1S/C16H22N4S/c1-10-3-4-14-13(9-10)11(2)15(18-14)12-5-7-20(8-6-12)16(21)19-17/h3-4,9,12,18H,5-8,17H2,1-2H3,(H,19,21). The van der Waals surface area contributed by atoms with Crippen LogP contribution in [0.25, 0.3) is 10.9 Å². The molecule has 0 unspecified atom stereocenters. The summed E-state index contributed by atoms with van der Waals surface area (Å²) in [5.74, 6) is 5.98. The minimum absolute atomic E-state index is 0.578. The predicted molar refractivity (Wildman–Crippen MR) is 91.2 cm³/mol. The lowest BCUT2D eigenvalue weighted by molar-refractivity contribution is 0.307. The third-order valence-corrected chi connectivity index (χ3v) is 4.94. The smallest absolute Gasteiger partial charge is 0.183 e. The van der Waals surface area contributed by atoms with Crippen molar-refractivity contribution in [3.63, 3.8) is 0 Å². The first kappa shape index (κ1) is 14.4. The van der Waals surface area contributed by atoms with E-state index in [1.54, 1.807) is 0 Å². The number of rotatable bonds is 1. The zero-order chi connectivity index (χ0) is 15.0. The van der Waals surface area contributed by atoms with Gasteiger partial charge in [0.05, 0.1) is 0 Å². The Hall–Kier alpha value is -1.59. The molecule has 0 spiro atoms. The number of piperidine rings is 1. The topological polar surface area (TPSA) is 57.1 Å². The summed E-state index contributed by atoms with van der Waals surface area (Å²) in [5, 5.41) is 2.00. The monoisotopic (exact) mass is 302 g/mol. The lowest BCUT2D eigenvalue weighted by atomic mass is 9.91. The van der Waals surface area contributed by atoms with E-state index in [0.29, 0.717) is 11.0 Å². The zero-order valence-electron chi connectivity index (χ0n) is 12.6. The first-order chi connectivity index (χ1) is 10.1. The van der Waals surface area contributed by atoms with Gasteiger partial charge < -0.3 is 15.3 Å². The third kappa shape index (κ3) is 2.63. The van der Waals surface area contributed by atoms with Crippen molar-refractivity contribution < 1.29 is 0 Å². The van der Waals surface area contributed by atoms with Gasteiger partial charge in [0.2, 0.25) is 0 Å². The van der Waals surface area contributed by atoms with Crippen molar-refractivity contribution in [1.82, 2.24) is 15.3 Å². The van der Waals surface area contributed by atoms with E-state index in [1.807, 2.05) is 0 Å². The van der Waals surface area contributed by atoms with Crippen molar-refractivity contribution in [2.24, 2.45) is 5.84 Å². The van der Waals surface area contributed by atoms with E-state index >= 15 is 0 Å². The molecular weight excluding hydrogens is 280 g/mol. The maximum atomic E-state index is 5.40. The highest BCUT2D eigenvalue weighted by Crippen LogP contribution is 2.33. The van der Waals surface area contributed by atoms with Crippen LogP contribution in [-0.4, -0.2) is 28.1 Å². The average molecular weight is 302 g/mol. The number of nitrogens with zero attached hydrogens (tertiary/aromatic N) is 1. The molecule has 1 saturated heterocycles. The van der Waals surface area contributed by atoms with Crippen LogP contribution in [0.15, 0.2) is 18.2 Å². The molecule has 0 amide bonds. The summed E-state index contributed by atoms with van der Waals surface area (Å²) in [6, 6.07) is 6.62. The van der Waals surface area contributed by atoms with Crippen LogP contribution in [0.2, 0.25) is 0 Å². The molecule has 2 aromatic rings. The Morgan fingerprint density at radius 2 is 2.05 bits per heavy atom. The molecule has 3 rings (SSSR count). The average Bonchev–Trinajstić information content (AvgIpc) is 2.83. The molecule has 5 heteroatoms. The normalized spacial score (nSPS) is 16.4. The molecule has 112 valence electrons. The maximum Gasteiger partial charge on any atom is 0.183 e. The molecular formula is C16H22N4S. The number of likely N-dealkylation sites (tertiary alicyclic amines) is 1. The highest BCUT2D eigenvalue weighted by Gasteiger charge is 2.24.